The highest BCUT2D eigenvalue weighted by atomic mass is 16.4. The molecule has 0 spiro atoms. The van der Waals surface area contributed by atoms with Gasteiger partial charge in [-0.15, -0.1) is 0 Å². The predicted molar refractivity (Wildman–Crippen MR) is 74.0 cm³/mol. The number of amides is 2. The SMILES string of the molecule is CCC1CCC(NC(=O)N(C)C(CC)C(=O)O)C1C. The number of nitrogens with zero attached hydrogens (tertiary/aromatic N) is 1. The summed E-state index contributed by atoms with van der Waals surface area (Å²) in [5, 5.41) is 12.0. The summed E-state index contributed by atoms with van der Waals surface area (Å²) in [6, 6.07) is -0.854. The van der Waals surface area contributed by atoms with Crippen LogP contribution >= 0.6 is 0 Å². The summed E-state index contributed by atoms with van der Waals surface area (Å²) >= 11 is 0. The van der Waals surface area contributed by atoms with E-state index in [0.29, 0.717) is 18.3 Å². The molecule has 0 aromatic heterocycles. The van der Waals surface area contributed by atoms with E-state index in [0.717, 1.165) is 19.3 Å². The van der Waals surface area contributed by atoms with Gasteiger partial charge in [-0.2, -0.15) is 0 Å². The molecule has 1 fully saturated rings. The number of aliphatic carboxylic acids is 1. The predicted octanol–water partition coefficient (Wildman–Crippen LogP) is 2.32. The van der Waals surface area contributed by atoms with E-state index < -0.39 is 12.0 Å². The molecule has 5 nitrogen and oxygen atoms in total. The maximum atomic E-state index is 12.1. The zero-order valence-corrected chi connectivity index (χ0v) is 12.3. The summed E-state index contributed by atoms with van der Waals surface area (Å²) in [7, 11) is 1.55. The molecule has 2 amide bonds. The molecule has 0 aliphatic heterocycles. The van der Waals surface area contributed by atoms with Crippen LogP contribution in [-0.2, 0) is 4.79 Å². The van der Waals surface area contributed by atoms with E-state index in [-0.39, 0.29) is 12.1 Å². The molecule has 19 heavy (non-hydrogen) atoms. The number of urea groups is 1. The molecule has 0 bridgehead atoms. The standard InChI is InChI=1S/C14H26N2O3/c1-5-10-7-8-11(9(10)3)15-14(19)16(4)12(6-2)13(17)18/h9-12H,5-8H2,1-4H3,(H,15,19)(H,17,18). The number of hydrogen-bond acceptors (Lipinski definition) is 2. The van der Waals surface area contributed by atoms with Crippen LogP contribution < -0.4 is 5.32 Å². The van der Waals surface area contributed by atoms with Crippen molar-refractivity contribution in [1.82, 2.24) is 10.2 Å². The van der Waals surface area contributed by atoms with Crippen LogP contribution in [0.25, 0.3) is 0 Å². The Balaban J connectivity index is 2.57. The van der Waals surface area contributed by atoms with Crippen LogP contribution in [0.4, 0.5) is 4.79 Å². The van der Waals surface area contributed by atoms with E-state index in [4.69, 9.17) is 5.11 Å². The Hall–Kier alpha value is -1.26. The average molecular weight is 270 g/mol. The first kappa shape index (κ1) is 15.8. The maximum Gasteiger partial charge on any atom is 0.326 e. The molecule has 0 radical (unpaired) electrons. The number of nitrogens with one attached hydrogen (secondary N) is 1. The molecule has 1 aliphatic carbocycles. The molecule has 2 N–H and O–H groups in total. The van der Waals surface area contributed by atoms with Crippen molar-refractivity contribution in [2.45, 2.75) is 58.5 Å². The van der Waals surface area contributed by atoms with Crippen molar-refractivity contribution in [2.75, 3.05) is 7.05 Å². The first-order chi connectivity index (χ1) is 8.92. The molecule has 5 heteroatoms. The minimum absolute atomic E-state index is 0.172. The van der Waals surface area contributed by atoms with Gasteiger partial charge in [-0.05, 0) is 31.1 Å². The van der Waals surface area contributed by atoms with E-state index in [1.54, 1.807) is 14.0 Å². The Morgan fingerprint density at radius 3 is 2.42 bits per heavy atom. The van der Waals surface area contributed by atoms with Gasteiger partial charge in [0.05, 0.1) is 0 Å². The lowest BCUT2D eigenvalue weighted by Crippen LogP contribution is -2.50. The van der Waals surface area contributed by atoms with E-state index in [1.165, 1.54) is 4.90 Å². The Morgan fingerprint density at radius 2 is 2.00 bits per heavy atom. The monoisotopic (exact) mass is 270 g/mol. The number of carbonyl (C=O) groups excluding carboxylic acids is 1. The fourth-order valence-electron chi connectivity index (χ4n) is 3.04. The summed E-state index contributed by atoms with van der Waals surface area (Å²) in [5.74, 6) is 0.176. The second kappa shape index (κ2) is 6.78. The Kier molecular flexibility index (Phi) is 5.63. The van der Waals surface area contributed by atoms with Crippen LogP contribution in [0, 0.1) is 11.8 Å². The lowest BCUT2D eigenvalue weighted by Gasteiger charge is -2.28. The van der Waals surface area contributed by atoms with Crippen molar-refractivity contribution in [3.05, 3.63) is 0 Å². The van der Waals surface area contributed by atoms with E-state index in [2.05, 4.69) is 19.2 Å². The minimum Gasteiger partial charge on any atom is -0.480 e. The quantitative estimate of drug-likeness (QED) is 0.805. The summed E-state index contributed by atoms with van der Waals surface area (Å²) in [6.07, 6.45) is 3.68. The normalized spacial score (nSPS) is 27.9. The molecule has 0 saturated heterocycles. The zero-order valence-electron chi connectivity index (χ0n) is 12.3. The van der Waals surface area contributed by atoms with E-state index in [1.807, 2.05) is 0 Å². The van der Waals surface area contributed by atoms with Crippen molar-refractivity contribution >= 4 is 12.0 Å². The third-order valence-electron chi connectivity index (χ3n) is 4.52. The zero-order chi connectivity index (χ0) is 14.6. The summed E-state index contributed by atoms with van der Waals surface area (Å²) in [4.78, 5) is 24.5. The fourth-order valence-corrected chi connectivity index (χ4v) is 3.04. The van der Waals surface area contributed by atoms with Gasteiger partial charge < -0.3 is 15.3 Å². The van der Waals surface area contributed by atoms with Crippen LogP contribution in [0.2, 0.25) is 0 Å². The van der Waals surface area contributed by atoms with Gasteiger partial charge >= 0.3 is 12.0 Å². The highest BCUT2D eigenvalue weighted by molar-refractivity contribution is 5.82. The number of likely N-dealkylation sites (N-methyl/N-ethyl adjacent to an activating group) is 1. The van der Waals surface area contributed by atoms with Crippen molar-refractivity contribution in [3.63, 3.8) is 0 Å². The van der Waals surface area contributed by atoms with Crippen molar-refractivity contribution in [1.29, 1.82) is 0 Å². The van der Waals surface area contributed by atoms with E-state index >= 15 is 0 Å². The average Bonchev–Trinajstić information content (AvgIpc) is 2.70. The molecule has 1 saturated carbocycles. The second-order valence-corrected chi connectivity index (χ2v) is 5.53. The highest BCUT2D eigenvalue weighted by Gasteiger charge is 2.34. The van der Waals surface area contributed by atoms with Crippen LogP contribution in [0.5, 0.6) is 0 Å². The molecule has 0 aromatic rings. The molecular formula is C14H26N2O3. The number of carbonyl (C=O) groups is 2. The van der Waals surface area contributed by atoms with Crippen molar-refractivity contribution in [2.24, 2.45) is 11.8 Å². The van der Waals surface area contributed by atoms with Crippen LogP contribution in [0.1, 0.15) is 46.5 Å². The topological polar surface area (TPSA) is 69.6 Å². The first-order valence-electron chi connectivity index (χ1n) is 7.18. The van der Waals surface area contributed by atoms with Crippen LogP contribution in [-0.4, -0.2) is 41.1 Å². The molecule has 4 atom stereocenters. The summed E-state index contributed by atoms with van der Waals surface area (Å²) in [6.45, 7) is 6.11. The molecule has 0 heterocycles. The van der Waals surface area contributed by atoms with E-state index in [9.17, 15) is 9.59 Å². The Morgan fingerprint density at radius 1 is 1.37 bits per heavy atom. The first-order valence-corrected chi connectivity index (χ1v) is 7.18. The molecule has 1 aliphatic rings. The Bertz CT molecular complexity index is 333. The van der Waals surface area contributed by atoms with Crippen LogP contribution in [0.15, 0.2) is 0 Å². The summed E-state index contributed by atoms with van der Waals surface area (Å²) in [5.41, 5.74) is 0. The van der Waals surface area contributed by atoms with Crippen molar-refractivity contribution < 1.29 is 14.7 Å². The second-order valence-electron chi connectivity index (χ2n) is 5.53. The molecule has 110 valence electrons. The van der Waals surface area contributed by atoms with Gasteiger partial charge in [0.15, 0.2) is 0 Å². The van der Waals surface area contributed by atoms with Crippen LogP contribution in [0.3, 0.4) is 0 Å². The molecule has 4 unspecified atom stereocenters. The Labute approximate surface area is 115 Å². The fraction of sp³-hybridized carbons (Fsp3) is 0.857. The van der Waals surface area contributed by atoms with Gasteiger partial charge in [0.25, 0.3) is 0 Å². The number of carboxylic acids is 1. The number of hydrogen-bond donors (Lipinski definition) is 2. The number of carboxylic acid groups (broad SMARTS) is 1. The van der Waals surface area contributed by atoms with Gasteiger partial charge in [0.2, 0.25) is 0 Å². The van der Waals surface area contributed by atoms with Crippen molar-refractivity contribution in [3.8, 4) is 0 Å². The third kappa shape index (κ3) is 3.61. The minimum atomic E-state index is -0.953. The van der Waals surface area contributed by atoms with Gasteiger partial charge in [-0.25, -0.2) is 9.59 Å². The summed E-state index contributed by atoms with van der Waals surface area (Å²) < 4.78 is 0. The smallest absolute Gasteiger partial charge is 0.326 e. The maximum absolute atomic E-state index is 12.1. The van der Waals surface area contributed by atoms with Gasteiger partial charge in [0, 0.05) is 13.1 Å². The molecule has 0 aromatic carbocycles. The van der Waals surface area contributed by atoms with Gasteiger partial charge in [-0.3, -0.25) is 0 Å². The highest BCUT2D eigenvalue weighted by Crippen LogP contribution is 2.33. The third-order valence-corrected chi connectivity index (χ3v) is 4.52. The molecule has 1 rings (SSSR count). The van der Waals surface area contributed by atoms with Gasteiger partial charge in [-0.1, -0.05) is 27.2 Å². The lowest BCUT2D eigenvalue weighted by molar-refractivity contribution is -0.141. The lowest BCUT2D eigenvalue weighted by atomic mass is 9.93. The largest absolute Gasteiger partial charge is 0.480 e. The molecular weight excluding hydrogens is 244 g/mol. The van der Waals surface area contributed by atoms with Gasteiger partial charge in [0.1, 0.15) is 6.04 Å². The number of rotatable bonds is 5.